The van der Waals surface area contributed by atoms with E-state index < -0.39 is 0 Å². The third-order valence-corrected chi connectivity index (χ3v) is 4.78. The number of pyridine rings is 1. The minimum Gasteiger partial charge on any atom is -0.290 e. The van der Waals surface area contributed by atoms with Crippen molar-refractivity contribution in [3.05, 3.63) is 64.0 Å². The first-order valence-electron chi connectivity index (χ1n) is 8.32. The standard InChI is InChI=1S/C18H21N5O/c1-13-5-3-8-23-17(24)9-15(20-18(13)23)12-22-7-4-6-16(22)14-10-19-21(2)11-14/h3,5,8-11,16H,4,6-7,12H2,1-2H3/t16-/m0/s1. The molecule has 0 spiro atoms. The molecule has 0 saturated carbocycles. The van der Waals surface area contributed by atoms with Gasteiger partial charge < -0.3 is 0 Å². The van der Waals surface area contributed by atoms with Crippen molar-refractivity contribution >= 4 is 5.65 Å². The average molecular weight is 323 g/mol. The van der Waals surface area contributed by atoms with E-state index in [0.717, 1.165) is 36.3 Å². The van der Waals surface area contributed by atoms with Crippen molar-refractivity contribution in [1.82, 2.24) is 24.1 Å². The molecule has 124 valence electrons. The first-order valence-corrected chi connectivity index (χ1v) is 8.32. The lowest BCUT2D eigenvalue weighted by atomic mass is 10.1. The molecule has 24 heavy (non-hydrogen) atoms. The van der Waals surface area contributed by atoms with E-state index in [0.29, 0.717) is 12.6 Å². The van der Waals surface area contributed by atoms with Gasteiger partial charge in [-0.05, 0) is 37.9 Å². The van der Waals surface area contributed by atoms with E-state index in [1.807, 2.05) is 37.0 Å². The number of likely N-dealkylation sites (tertiary alicyclic amines) is 1. The predicted octanol–water partition coefficient (Wildman–Crippen LogP) is 2.07. The number of rotatable bonds is 3. The van der Waals surface area contributed by atoms with E-state index in [-0.39, 0.29) is 5.56 Å². The lowest BCUT2D eigenvalue weighted by Gasteiger charge is -2.23. The van der Waals surface area contributed by atoms with Crippen LogP contribution in [0.3, 0.4) is 0 Å². The number of nitrogens with zero attached hydrogens (tertiary/aromatic N) is 5. The van der Waals surface area contributed by atoms with Crippen LogP contribution in [0.5, 0.6) is 0 Å². The van der Waals surface area contributed by atoms with Gasteiger partial charge in [0.05, 0.1) is 11.9 Å². The van der Waals surface area contributed by atoms with Crippen LogP contribution in [-0.2, 0) is 13.6 Å². The molecule has 6 nitrogen and oxygen atoms in total. The molecule has 0 radical (unpaired) electrons. The van der Waals surface area contributed by atoms with Crippen LogP contribution in [0.1, 0.15) is 35.7 Å². The fraction of sp³-hybridized carbons (Fsp3) is 0.389. The fourth-order valence-electron chi connectivity index (χ4n) is 3.60. The molecule has 6 heteroatoms. The molecule has 4 heterocycles. The molecular weight excluding hydrogens is 302 g/mol. The van der Waals surface area contributed by atoms with E-state index >= 15 is 0 Å². The SMILES string of the molecule is Cc1cccn2c(=O)cc(CN3CCC[C@H]3c3cnn(C)c3)nc12. The summed E-state index contributed by atoms with van der Waals surface area (Å²) in [6.07, 6.45) is 8.07. The zero-order valence-electron chi connectivity index (χ0n) is 14.0. The molecule has 1 atom stereocenters. The van der Waals surface area contributed by atoms with E-state index in [1.165, 1.54) is 5.56 Å². The van der Waals surface area contributed by atoms with Gasteiger partial charge >= 0.3 is 0 Å². The molecule has 1 fully saturated rings. The zero-order chi connectivity index (χ0) is 16.7. The van der Waals surface area contributed by atoms with Crippen LogP contribution in [0, 0.1) is 6.92 Å². The highest BCUT2D eigenvalue weighted by molar-refractivity contribution is 5.46. The highest BCUT2D eigenvalue weighted by Crippen LogP contribution is 2.32. The van der Waals surface area contributed by atoms with Gasteiger partial charge in [0, 0.05) is 43.7 Å². The smallest absolute Gasteiger partial charge is 0.258 e. The molecule has 0 amide bonds. The van der Waals surface area contributed by atoms with Crippen LogP contribution >= 0.6 is 0 Å². The summed E-state index contributed by atoms with van der Waals surface area (Å²) in [5.41, 5.74) is 3.82. The van der Waals surface area contributed by atoms with Crippen molar-refractivity contribution in [2.75, 3.05) is 6.54 Å². The largest absolute Gasteiger partial charge is 0.290 e. The Hall–Kier alpha value is -2.47. The topological polar surface area (TPSA) is 55.4 Å². The summed E-state index contributed by atoms with van der Waals surface area (Å²) in [6, 6.07) is 5.88. The van der Waals surface area contributed by atoms with Crippen molar-refractivity contribution < 1.29 is 0 Å². The third kappa shape index (κ3) is 2.63. The zero-order valence-corrected chi connectivity index (χ0v) is 14.0. The van der Waals surface area contributed by atoms with Crippen LogP contribution in [0.2, 0.25) is 0 Å². The van der Waals surface area contributed by atoms with Crippen LogP contribution in [0.4, 0.5) is 0 Å². The normalized spacial score (nSPS) is 18.5. The van der Waals surface area contributed by atoms with Gasteiger partial charge in [-0.15, -0.1) is 0 Å². The van der Waals surface area contributed by atoms with E-state index in [1.54, 1.807) is 16.7 Å². The highest BCUT2D eigenvalue weighted by atomic mass is 16.1. The van der Waals surface area contributed by atoms with Crippen LogP contribution in [0.15, 0.2) is 41.6 Å². The van der Waals surface area contributed by atoms with Gasteiger partial charge in [-0.25, -0.2) is 4.98 Å². The molecule has 4 rings (SSSR count). The molecule has 0 N–H and O–H groups in total. The predicted molar refractivity (Wildman–Crippen MR) is 91.8 cm³/mol. The lowest BCUT2D eigenvalue weighted by molar-refractivity contribution is 0.245. The Kier molecular flexibility index (Phi) is 3.69. The van der Waals surface area contributed by atoms with Crippen molar-refractivity contribution in [3.8, 4) is 0 Å². The Morgan fingerprint density at radius 2 is 2.25 bits per heavy atom. The second kappa shape index (κ2) is 5.87. The van der Waals surface area contributed by atoms with Crippen molar-refractivity contribution in [3.63, 3.8) is 0 Å². The molecule has 0 bridgehead atoms. The molecule has 0 unspecified atom stereocenters. The van der Waals surface area contributed by atoms with Crippen molar-refractivity contribution in [2.45, 2.75) is 32.4 Å². The fourth-order valence-corrected chi connectivity index (χ4v) is 3.60. The first-order chi connectivity index (χ1) is 11.6. The van der Waals surface area contributed by atoms with E-state index in [2.05, 4.69) is 16.2 Å². The van der Waals surface area contributed by atoms with Crippen LogP contribution in [0.25, 0.3) is 5.65 Å². The number of fused-ring (bicyclic) bond motifs is 1. The molecule has 3 aromatic rings. The Labute approximate surface area is 140 Å². The van der Waals surface area contributed by atoms with Crippen LogP contribution in [-0.4, -0.2) is 30.6 Å². The summed E-state index contributed by atoms with van der Waals surface area (Å²) in [5.74, 6) is 0. The molecule has 1 saturated heterocycles. The Morgan fingerprint density at radius 1 is 1.38 bits per heavy atom. The minimum atomic E-state index is -0.0178. The number of hydrogen-bond acceptors (Lipinski definition) is 4. The number of hydrogen-bond donors (Lipinski definition) is 0. The molecule has 0 aliphatic carbocycles. The van der Waals surface area contributed by atoms with Gasteiger partial charge in [-0.2, -0.15) is 5.10 Å². The molecular formula is C18H21N5O. The van der Waals surface area contributed by atoms with Gasteiger partial charge in [0.25, 0.3) is 5.56 Å². The van der Waals surface area contributed by atoms with Gasteiger partial charge in [0.1, 0.15) is 5.65 Å². The van der Waals surface area contributed by atoms with E-state index in [9.17, 15) is 4.79 Å². The maximum Gasteiger partial charge on any atom is 0.258 e. The van der Waals surface area contributed by atoms with Crippen LogP contribution < -0.4 is 5.56 Å². The number of aryl methyl sites for hydroxylation is 2. The van der Waals surface area contributed by atoms with E-state index in [4.69, 9.17) is 4.98 Å². The second-order valence-electron chi connectivity index (χ2n) is 6.55. The molecule has 0 aromatic carbocycles. The Bertz CT molecular complexity index is 942. The first kappa shape index (κ1) is 15.1. The second-order valence-corrected chi connectivity index (χ2v) is 6.55. The average Bonchev–Trinajstić information content (AvgIpc) is 3.17. The minimum absolute atomic E-state index is 0.0178. The summed E-state index contributed by atoms with van der Waals surface area (Å²) < 4.78 is 3.46. The monoisotopic (exact) mass is 323 g/mol. The summed E-state index contributed by atoms with van der Waals surface area (Å²) in [7, 11) is 1.94. The van der Waals surface area contributed by atoms with Crippen molar-refractivity contribution in [1.29, 1.82) is 0 Å². The van der Waals surface area contributed by atoms with Crippen molar-refractivity contribution in [2.24, 2.45) is 7.05 Å². The lowest BCUT2D eigenvalue weighted by Crippen LogP contribution is -2.25. The third-order valence-electron chi connectivity index (χ3n) is 4.78. The van der Waals surface area contributed by atoms with Gasteiger partial charge in [0.2, 0.25) is 0 Å². The molecule has 3 aromatic heterocycles. The summed E-state index contributed by atoms with van der Waals surface area (Å²) in [6.45, 7) is 3.70. The summed E-state index contributed by atoms with van der Waals surface area (Å²) >= 11 is 0. The van der Waals surface area contributed by atoms with Gasteiger partial charge in [0.15, 0.2) is 0 Å². The Morgan fingerprint density at radius 3 is 3.04 bits per heavy atom. The maximum absolute atomic E-state index is 12.4. The quantitative estimate of drug-likeness (QED) is 0.740. The maximum atomic E-state index is 12.4. The molecule has 1 aliphatic rings. The van der Waals surface area contributed by atoms with Gasteiger partial charge in [-0.3, -0.25) is 18.8 Å². The summed E-state index contributed by atoms with van der Waals surface area (Å²) in [4.78, 5) is 19.5. The molecule has 1 aliphatic heterocycles. The number of aromatic nitrogens is 4. The summed E-state index contributed by atoms with van der Waals surface area (Å²) in [5, 5.41) is 4.29. The Balaban J connectivity index is 1.66. The van der Waals surface area contributed by atoms with Gasteiger partial charge in [-0.1, -0.05) is 6.07 Å². The highest BCUT2D eigenvalue weighted by Gasteiger charge is 2.27.